The number of carbonyl (C=O) groups is 2. The highest BCUT2D eigenvalue weighted by Gasteiger charge is 2.34. The van der Waals surface area contributed by atoms with Crippen LogP contribution in [0.25, 0.3) is 0 Å². The van der Waals surface area contributed by atoms with Gasteiger partial charge in [-0.3, -0.25) is 5.32 Å². The van der Waals surface area contributed by atoms with Gasteiger partial charge in [0.15, 0.2) is 0 Å². The van der Waals surface area contributed by atoms with Gasteiger partial charge in [0.05, 0.1) is 37.6 Å². The molecule has 0 aliphatic carbocycles. The third kappa shape index (κ3) is 4.73. The molecule has 0 fully saturated rings. The molecule has 2 amide bonds. The van der Waals surface area contributed by atoms with Gasteiger partial charge >= 0.3 is 12.0 Å². The van der Waals surface area contributed by atoms with Gasteiger partial charge in [0.25, 0.3) is 0 Å². The van der Waals surface area contributed by atoms with Gasteiger partial charge in [0.2, 0.25) is 0 Å². The largest absolute Gasteiger partial charge is 0.462 e. The molecule has 1 aliphatic heterocycles. The highest BCUT2D eigenvalue weighted by Crippen LogP contribution is 2.40. The molecule has 2 heterocycles. The van der Waals surface area contributed by atoms with Crippen molar-refractivity contribution in [3.63, 3.8) is 0 Å². The number of nitrogens with one attached hydrogen (secondary N) is 1. The van der Waals surface area contributed by atoms with E-state index in [-0.39, 0.29) is 32.9 Å². The molecule has 0 radical (unpaired) electrons. The Balaban J connectivity index is 2.34. The number of thiophene rings is 1. The van der Waals surface area contributed by atoms with Gasteiger partial charge in [-0.15, -0.1) is 11.3 Å². The molecule has 0 aromatic carbocycles. The number of nitrogens with zero attached hydrogens (tertiary/aromatic N) is 1. The van der Waals surface area contributed by atoms with E-state index in [1.165, 1.54) is 16.2 Å². The minimum Gasteiger partial charge on any atom is -0.462 e. The summed E-state index contributed by atoms with van der Waals surface area (Å²) in [5, 5.41) is 21.3. The van der Waals surface area contributed by atoms with Gasteiger partial charge in [-0.2, -0.15) is 0 Å². The van der Waals surface area contributed by atoms with Crippen molar-refractivity contribution >= 4 is 28.3 Å². The lowest BCUT2D eigenvalue weighted by Crippen LogP contribution is -2.39. The Hall–Kier alpha value is -1.68. The number of carbonyl (C=O) groups excluding carboxylic acids is 2. The molecule has 3 N–H and O–H groups in total. The molecule has 0 spiro atoms. The predicted octanol–water partition coefficient (Wildman–Crippen LogP) is 1.59. The zero-order chi connectivity index (χ0) is 19.3. The fraction of sp³-hybridized carbons (Fsp3) is 0.647. The normalized spacial score (nSPS) is 15.3. The van der Waals surface area contributed by atoms with Crippen molar-refractivity contribution < 1.29 is 29.3 Å². The summed E-state index contributed by atoms with van der Waals surface area (Å²) in [7, 11) is 0. The van der Waals surface area contributed by atoms with Crippen LogP contribution in [-0.2, 0) is 22.5 Å². The summed E-state index contributed by atoms with van der Waals surface area (Å²) < 4.78 is 11.0. The Bertz CT molecular complexity index is 652. The van der Waals surface area contributed by atoms with Gasteiger partial charge in [-0.25, -0.2) is 9.59 Å². The van der Waals surface area contributed by atoms with E-state index in [0.29, 0.717) is 23.6 Å². The van der Waals surface area contributed by atoms with Crippen molar-refractivity contribution in [1.82, 2.24) is 4.90 Å². The SMILES string of the molecule is CCOC(=O)c1c(NC(=O)N(CCO)CCO)sc2c1CC(C)(C)OC2. The molecule has 26 heavy (non-hydrogen) atoms. The standard InChI is InChI=1S/C17H26N2O6S/c1-4-24-15(22)13-11-9-17(2,3)25-10-12(11)26-14(13)18-16(23)19(5-7-20)6-8-21/h20-21H,4-10H2,1-3H3,(H,18,23). The van der Waals surface area contributed by atoms with Crippen molar-refractivity contribution in [2.75, 3.05) is 38.2 Å². The molecule has 1 aromatic heterocycles. The number of ether oxygens (including phenoxy) is 2. The minimum absolute atomic E-state index is 0.0857. The van der Waals surface area contributed by atoms with Crippen molar-refractivity contribution in [3.8, 4) is 0 Å². The fourth-order valence-corrected chi connectivity index (χ4v) is 3.90. The third-order valence-corrected chi connectivity index (χ3v) is 5.14. The van der Waals surface area contributed by atoms with Crippen molar-refractivity contribution in [1.29, 1.82) is 0 Å². The highest BCUT2D eigenvalue weighted by atomic mass is 32.1. The number of urea groups is 1. The topological polar surface area (TPSA) is 108 Å². The zero-order valence-electron chi connectivity index (χ0n) is 15.3. The molecule has 1 aliphatic rings. The second kappa shape index (κ2) is 8.81. The lowest BCUT2D eigenvalue weighted by molar-refractivity contribution is -0.0384. The average Bonchev–Trinajstić information content (AvgIpc) is 2.90. The first-order valence-electron chi connectivity index (χ1n) is 8.56. The van der Waals surface area contributed by atoms with Crippen LogP contribution in [0.4, 0.5) is 9.80 Å². The van der Waals surface area contributed by atoms with Gasteiger partial charge in [-0.1, -0.05) is 0 Å². The van der Waals surface area contributed by atoms with E-state index in [2.05, 4.69) is 5.32 Å². The Morgan fingerprint density at radius 2 is 1.96 bits per heavy atom. The summed E-state index contributed by atoms with van der Waals surface area (Å²) in [6.45, 7) is 5.96. The first-order chi connectivity index (χ1) is 12.3. The van der Waals surface area contributed by atoms with E-state index in [1.807, 2.05) is 13.8 Å². The van der Waals surface area contributed by atoms with E-state index in [9.17, 15) is 9.59 Å². The summed E-state index contributed by atoms with van der Waals surface area (Å²) in [4.78, 5) is 27.2. The molecule has 0 saturated carbocycles. The van der Waals surface area contributed by atoms with E-state index in [4.69, 9.17) is 19.7 Å². The average molecular weight is 386 g/mol. The number of aliphatic hydroxyl groups excluding tert-OH is 2. The second-order valence-corrected chi connectivity index (χ2v) is 7.62. The maximum atomic E-state index is 12.5. The summed E-state index contributed by atoms with van der Waals surface area (Å²) in [5.74, 6) is -0.478. The number of rotatable bonds is 7. The molecule has 0 unspecified atom stereocenters. The summed E-state index contributed by atoms with van der Waals surface area (Å²) >= 11 is 1.29. The van der Waals surface area contributed by atoms with Crippen molar-refractivity contribution in [2.24, 2.45) is 0 Å². The lowest BCUT2D eigenvalue weighted by atomic mass is 9.93. The number of aliphatic hydroxyl groups is 2. The number of hydrogen-bond donors (Lipinski definition) is 3. The first kappa shape index (κ1) is 20.6. The predicted molar refractivity (Wildman–Crippen MR) is 97.6 cm³/mol. The quantitative estimate of drug-likeness (QED) is 0.614. The maximum Gasteiger partial charge on any atom is 0.341 e. The molecule has 146 valence electrons. The second-order valence-electron chi connectivity index (χ2n) is 6.52. The summed E-state index contributed by atoms with van der Waals surface area (Å²) in [6.07, 6.45) is 0.542. The van der Waals surface area contributed by atoms with E-state index < -0.39 is 17.6 Å². The maximum absolute atomic E-state index is 12.5. The van der Waals surface area contributed by atoms with Crippen LogP contribution in [0, 0.1) is 0 Å². The molecule has 2 rings (SSSR count). The molecule has 0 atom stereocenters. The molecular weight excluding hydrogens is 360 g/mol. The Morgan fingerprint density at radius 3 is 2.54 bits per heavy atom. The number of fused-ring (bicyclic) bond motifs is 1. The summed E-state index contributed by atoms with van der Waals surface area (Å²) in [6, 6.07) is -0.488. The van der Waals surface area contributed by atoms with Crippen molar-refractivity contribution in [3.05, 3.63) is 16.0 Å². The van der Waals surface area contributed by atoms with Crippen LogP contribution in [-0.4, -0.2) is 65.6 Å². The van der Waals surface area contributed by atoms with Gasteiger partial charge in [-0.05, 0) is 26.3 Å². The number of anilines is 1. The Kier molecular flexibility index (Phi) is 6.99. The van der Waals surface area contributed by atoms with Gasteiger partial charge in [0.1, 0.15) is 5.00 Å². The van der Waals surface area contributed by atoms with Crippen LogP contribution >= 0.6 is 11.3 Å². The Morgan fingerprint density at radius 1 is 1.31 bits per heavy atom. The van der Waals surface area contributed by atoms with E-state index in [0.717, 1.165) is 10.4 Å². The van der Waals surface area contributed by atoms with E-state index in [1.54, 1.807) is 6.92 Å². The van der Waals surface area contributed by atoms with Crippen LogP contribution in [0.1, 0.15) is 41.6 Å². The fourth-order valence-electron chi connectivity index (χ4n) is 2.79. The van der Waals surface area contributed by atoms with E-state index >= 15 is 0 Å². The van der Waals surface area contributed by atoms with Crippen LogP contribution in [0.15, 0.2) is 0 Å². The molecule has 0 bridgehead atoms. The third-order valence-electron chi connectivity index (χ3n) is 4.01. The van der Waals surface area contributed by atoms with Crippen LogP contribution in [0.3, 0.4) is 0 Å². The molecule has 0 saturated heterocycles. The Labute approximate surface area is 156 Å². The molecule has 1 aromatic rings. The zero-order valence-corrected chi connectivity index (χ0v) is 16.1. The number of amides is 2. The van der Waals surface area contributed by atoms with Crippen LogP contribution in [0.5, 0.6) is 0 Å². The van der Waals surface area contributed by atoms with Crippen LogP contribution in [0.2, 0.25) is 0 Å². The van der Waals surface area contributed by atoms with Gasteiger partial charge < -0.3 is 24.6 Å². The van der Waals surface area contributed by atoms with Gasteiger partial charge in [0, 0.05) is 24.4 Å². The molecule has 8 nitrogen and oxygen atoms in total. The van der Waals surface area contributed by atoms with Crippen molar-refractivity contribution in [2.45, 2.75) is 39.4 Å². The monoisotopic (exact) mass is 386 g/mol. The molecular formula is C17H26N2O6S. The molecule has 9 heteroatoms. The number of esters is 1. The smallest absolute Gasteiger partial charge is 0.341 e. The highest BCUT2D eigenvalue weighted by molar-refractivity contribution is 7.17. The van der Waals surface area contributed by atoms with Crippen LogP contribution < -0.4 is 5.32 Å². The summed E-state index contributed by atoms with van der Waals surface area (Å²) in [5.41, 5.74) is 0.802. The lowest BCUT2D eigenvalue weighted by Gasteiger charge is -2.30. The minimum atomic E-state index is -0.488. The number of hydrogen-bond acceptors (Lipinski definition) is 7. The first-order valence-corrected chi connectivity index (χ1v) is 9.37.